The van der Waals surface area contributed by atoms with Crippen molar-refractivity contribution in [2.75, 3.05) is 38.2 Å². The molecule has 0 atom stereocenters. The highest BCUT2D eigenvalue weighted by atomic mass is 16.5. The minimum atomic E-state index is -0.541. The fraction of sp³-hybridized carbons (Fsp3) is 0.625. The predicted molar refractivity (Wildman–Crippen MR) is 113 cm³/mol. The van der Waals surface area contributed by atoms with Crippen LogP contribution in [0.1, 0.15) is 48.9 Å². The summed E-state index contributed by atoms with van der Waals surface area (Å²) in [5.74, 6) is 1.53. The van der Waals surface area contributed by atoms with Crippen molar-refractivity contribution in [2.24, 2.45) is 23.2 Å². The number of anilines is 1. The number of hydrogen-bond donors (Lipinski definition) is 1. The lowest BCUT2D eigenvalue weighted by molar-refractivity contribution is -0.140. The summed E-state index contributed by atoms with van der Waals surface area (Å²) in [6, 6.07) is 6.74. The summed E-state index contributed by atoms with van der Waals surface area (Å²) in [7, 11) is 0. The van der Waals surface area contributed by atoms with Crippen molar-refractivity contribution in [1.29, 1.82) is 0 Å². The SMILES string of the molecule is O=C(OCC(=O)N1CCOCC1)c1ccc(NC(=O)C23CC4CC(CC(C4)C2)C3)cc1. The molecule has 0 unspecified atom stereocenters. The van der Waals surface area contributed by atoms with Crippen LogP contribution in [0.5, 0.6) is 0 Å². The number of carbonyl (C=O) groups excluding carboxylic acids is 3. The average molecular weight is 427 g/mol. The Morgan fingerprint density at radius 3 is 2.13 bits per heavy atom. The van der Waals surface area contributed by atoms with Crippen molar-refractivity contribution in [1.82, 2.24) is 4.90 Å². The molecule has 2 amide bonds. The van der Waals surface area contributed by atoms with Gasteiger partial charge in [0.25, 0.3) is 5.91 Å². The van der Waals surface area contributed by atoms with Gasteiger partial charge in [-0.1, -0.05) is 0 Å². The Labute approximate surface area is 182 Å². The highest BCUT2D eigenvalue weighted by Gasteiger charge is 2.54. The van der Waals surface area contributed by atoms with Gasteiger partial charge in [0.1, 0.15) is 0 Å². The minimum Gasteiger partial charge on any atom is -0.452 e. The van der Waals surface area contributed by atoms with E-state index in [0.29, 0.717) is 55.3 Å². The Balaban J connectivity index is 1.15. The van der Waals surface area contributed by atoms with Crippen LogP contribution in [0.2, 0.25) is 0 Å². The van der Waals surface area contributed by atoms with Crippen LogP contribution >= 0.6 is 0 Å². The van der Waals surface area contributed by atoms with Crippen LogP contribution in [0.3, 0.4) is 0 Å². The van der Waals surface area contributed by atoms with Gasteiger partial charge in [0.2, 0.25) is 5.91 Å². The lowest BCUT2D eigenvalue weighted by atomic mass is 9.49. The number of rotatable bonds is 5. The van der Waals surface area contributed by atoms with Crippen LogP contribution < -0.4 is 5.32 Å². The predicted octanol–water partition coefficient (Wildman–Crippen LogP) is 2.86. The number of nitrogens with one attached hydrogen (secondary N) is 1. The van der Waals surface area contributed by atoms with Crippen LogP contribution in [-0.4, -0.2) is 55.6 Å². The maximum atomic E-state index is 13.2. The van der Waals surface area contributed by atoms with Crippen LogP contribution in [0.25, 0.3) is 0 Å². The molecule has 1 aromatic rings. The second-order valence-electron chi connectivity index (χ2n) is 9.80. The van der Waals surface area contributed by atoms with Crippen LogP contribution in [0.15, 0.2) is 24.3 Å². The number of esters is 1. The van der Waals surface area contributed by atoms with E-state index in [2.05, 4.69) is 5.32 Å². The monoisotopic (exact) mass is 426 g/mol. The molecule has 1 aliphatic heterocycles. The summed E-state index contributed by atoms with van der Waals surface area (Å²) in [5.41, 5.74) is 0.857. The third-order valence-corrected chi connectivity index (χ3v) is 7.59. The molecular formula is C24H30N2O5. The standard InChI is InChI=1S/C24H30N2O5/c27-21(26-5-7-30-8-6-26)15-31-22(28)19-1-3-20(4-2-19)25-23(29)24-12-16-9-17(13-24)11-18(10-16)14-24/h1-4,16-18H,5-15H2,(H,25,29). The van der Waals surface area contributed by atoms with Crippen molar-refractivity contribution >= 4 is 23.5 Å². The maximum absolute atomic E-state index is 13.2. The lowest BCUT2D eigenvalue weighted by Gasteiger charge is -2.55. The van der Waals surface area contributed by atoms with Gasteiger partial charge in [-0.15, -0.1) is 0 Å². The van der Waals surface area contributed by atoms with Crippen LogP contribution in [-0.2, 0) is 19.1 Å². The summed E-state index contributed by atoms with van der Waals surface area (Å²) in [4.78, 5) is 39.2. The molecule has 6 rings (SSSR count). The first-order chi connectivity index (χ1) is 15.0. The van der Waals surface area contributed by atoms with E-state index in [4.69, 9.17) is 9.47 Å². The van der Waals surface area contributed by atoms with Crippen molar-refractivity contribution in [3.63, 3.8) is 0 Å². The molecule has 1 aromatic carbocycles. The first-order valence-corrected chi connectivity index (χ1v) is 11.4. The zero-order chi connectivity index (χ0) is 21.4. The van der Waals surface area contributed by atoms with Crippen molar-refractivity contribution in [3.05, 3.63) is 29.8 Å². The lowest BCUT2D eigenvalue weighted by Crippen LogP contribution is -2.51. The molecule has 0 aromatic heterocycles. The van der Waals surface area contributed by atoms with E-state index in [9.17, 15) is 14.4 Å². The molecule has 7 heteroatoms. The third-order valence-electron chi connectivity index (χ3n) is 7.59. The fourth-order valence-corrected chi connectivity index (χ4v) is 6.46. The summed E-state index contributed by atoms with van der Waals surface area (Å²) < 4.78 is 10.4. The van der Waals surface area contributed by atoms with E-state index in [1.807, 2.05) is 0 Å². The summed E-state index contributed by atoms with van der Waals surface area (Å²) in [6.07, 6.45) is 6.97. The zero-order valence-corrected chi connectivity index (χ0v) is 17.8. The van der Waals surface area contributed by atoms with Crippen molar-refractivity contribution < 1.29 is 23.9 Å². The minimum absolute atomic E-state index is 0.137. The summed E-state index contributed by atoms with van der Waals surface area (Å²) >= 11 is 0. The maximum Gasteiger partial charge on any atom is 0.338 e. The highest BCUT2D eigenvalue weighted by molar-refractivity contribution is 5.96. The molecule has 5 fully saturated rings. The molecular weight excluding hydrogens is 396 g/mol. The van der Waals surface area contributed by atoms with Gasteiger partial charge in [-0.3, -0.25) is 9.59 Å². The second-order valence-corrected chi connectivity index (χ2v) is 9.80. The zero-order valence-electron chi connectivity index (χ0n) is 17.8. The number of hydrogen-bond acceptors (Lipinski definition) is 5. The molecule has 1 heterocycles. The second kappa shape index (κ2) is 8.26. The molecule has 1 N–H and O–H groups in total. The topological polar surface area (TPSA) is 84.9 Å². The molecule has 7 nitrogen and oxygen atoms in total. The van der Waals surface area contributed by atoms with E-state index >= 15 is 0 Å². The van der Waals surface area contributed by atoms with Gasteiger partial charge >= 0.3 is 5.97 Å². The molecule has 1 saturated heterocycles. The molecule has 0 spiro atoms. The largest absolute Gasteiger partial charge is 0.452 e. The fourth-order valence-electron chi connectivity index (χ4n) is 6.46. The molecule has 0 radical (unpaired) electrons. The van der Waals surface area contributed by atoms with Crippen LogP contribution in [0, 0.1) is 23.2 Å². The van der Waals surface area contributed by atoms with Crippen LogP contribution in [0.4, 0.5) is 5.69 Å². The normalized spacial score (nSPS) is 31.4. The molecule has 4 aliphatic carbocycles. The van der Waals surface area contributed by atoms with E-state index < -0.39 is 5.97 Å². The summed E-state index contributed by atoms with van der Waals surface area (Å²) in [6.45, 7) is 1.79. The summed E-state index contributed by atoms with van der Waals surface area (Å²) in [5, 5.41) is 3.09. The first-order valence-electron chi connectivity index (χ1n) is 11.4. The number of morpholine rings is 1. The van der Waals surface area contributed by atoms with E-state index in [1.165, 1.54) is 19.3 Å². The molecule has 166 valence electrons. The Morgan fingerprint density at radius 2 is 1.55 bits per heavy atom. The quantitative estimate of drug-likeness (QED) is 0.732. The number of carbonyl (C=O) groups is 3. The Morgan fingerprint density at radius 1 is 0.968 bits per heavy atom. The van der Waals surface area contributed by atoms with Gasteiger partial charge in [0.15, 0.2) is 6.61 Å². The number of nitrogens with zero attached hydrogens (tertiary/aromatic N) is 1. The van der Waals surface area contributed by atoms with Gasteiger partial charge in [-0.05, 0) is 80.5 Å². The molecule has 4 bridgehead atoms. The van der Waals surface area contributed by atoms with Gasteiger partial charge < -0.3 is 19.7 Å². The van der Waals surface area contributed by atoms with E-state index in [1.54, 1.807) is 29.2 Å². The first kappa shape index (κ1) is 20.5. The number of ether oxygens (including phenoxy) is 2. The number of amides is 2. The molecule has 5 aliphatic rings. The van der Waals surface area contributed by atoms with E-state index in [-0.39, 0.29) is 23.8 Å². The Kier molecular flexibility index (Phi) is 5.46. The number of benzene rings is 1. The van der Waals surface area contributed by atoms with E-state index in [0.717, 1.165) is 19.3 Å². The highest BCUT2D eigenvalue weighted by Crippen LogP contribution is 2.60. The smallest absolute Gasteiger partial charge is 0.338 e. The van der Waals surface area contributed by atoms with Gasteiger partial charge in [-0.25, -0.2) is 4.79 Å². The average Bonchev–Trinajstić information content (AvgIpc) is 2.77. The van der Waals surface area contributed by atoms with Gasteiger partial charge in [0.05, 0.1) is 24.2 Å². The third kappa shape index (κ3) is 4.20. The van der Waals surface area contributed by atoms with Gasteiger partial charge in [-0.2, -0.15) is 0 Å². The van der Waals surface area contributed by atoms with Gasteiger partial charge in [0, 0.05) is 18.8 Å². The Bertz CT molecular complexity index is 824. The molecule has 31 heavy (non-hydrogen) atoms. The van der Waals surface area contributed by atoms with Crippen molar-refractivity contribution in [2.45, 2.75) is 38.5 Å². The Hall–Kier alpha value is -2.41. The molecule has 4 saturated carbocycles. The van der Waals surface area contributed by atoms with Crippen molar-refractivity contribution in [3.8, 4) is 0 Å².